The Bertz CT molecular complexity index is 782. The number of rotatable bonds is 8. The molecule has 1 heterocycles. The third kappa shape index (κ3) is 5.10. The average Bonchev–Trinajstić information content (AvgIpc) is 2.90. The first-order valence-electron chi connectivity index (χ1n) is 8.22. The van der Waals surface area contributed by atoms with E-state index in [9.17, 15) is 19.2 Å². The van der Waals surface area contributed by atoms with Crippen molar-refractivity contribution >= 4 is 35.6 Å². The average molecular weight is 391 g/mol. The zero-order valence-corrected chi connectivity index (χ0v) is 15.9. The van der Waals surface area contributed by atoms with Gasteiger partial charge in [-0.2, -0.15) is 0 Å². The first kappa shape index (κ1) is 20.5. The second-order valence-electron chi connectivity index (χ2n) is 6.11. The lowest BCUT2D eigenvalue weighted by atomic mass is 10.1. The molecule has 0 bridgehead atoms. The monoisotopic (exact) mass is 391 g/mol. The van der Waals surface area contributed by atoms with Crippen molar-refractivity contribution in [2.45, 2.75) is 30.4 Å². The van der Waals surface area contributed by atoms with Gasteiger partial charge in [0.15, 0.2) is 6.10 Å². The fourth-order valence-corrected chi connectivity index (χ4v) is 3.39. The molecule has 4 amide bonds. The highest BCUT2D eigenvalue weighted by molar-refractivity contribution is 7.99. The van der Waals surface area contributed by atoms with Crippen molar-refractivity contribution in [1.29, 1.82) is 0 Å². The molecule has 3 N–H and O–H groups in total. The van der Waals surface area contributed by atoms with Crippen LogP contribution in [0.3, 0.4) is 0 Å². The number of hydrogen-bond donors (Lipinski definition) is 3. The summed E-state index contributed by atoms with van der Waals surface area (Å²) < 4.78 is 5.22. The molecular formula is C18H21N3O5S. The number of thioether (sulfide) groups is 1. The normalized spacial score (nSPS) is 19.6. The standard InChI is InChI=1S/C18H21N3O5S/c1-4-9-19-14(22)11(2)26-15(23)12-7-5-6-8-13(12)27-10-18(3)16(24)20-17(25)21-18/h4-8,11H,1,9-10H2,2-3H3,(H,19,22)(H2,20,21,24,25)/t11-,18+/m1/s1. The molecule has 1 aromatic rings. The van der Waals surface area contributed by atoms with Gasteiger partial charge in [0.25, 0.3) is 11.8 Å². The van der Waals surface area contributed by atoms with Crippen molar-refractivity contribution in [3.05, 3.63) is 42.5 Å². The summed E-state index contributed by atoms with van der Waals surface area (Å²) in [5, 5.41) is 7.31. The maximum Gasteiger partial charge on any atom is 0.340 e. The van der Waals surface area contributed by atoms with E-state index in [1.165, 1.54) is 24.8 Å². The van der Waals surface area contributed by atoms with Gasteiger partial charge in [0.05, 0.1) is 5.56 Å². The summed E-state index contributed by atoms with van der Waals surface area (Å²) in [6.07, 6.45) is 0.560. The first-order valence-corrected chi connectivity index (χ1v) is 9.20. The number of esters is 1. The molecule has 0 saturated carbocycles. The molecule has 9 heteroatoms. The van der Waals surface area contributed by atoms with E-state index in [1.807, 2.05) is 0 Å². The van der Waals surface area contributed by atoms with E-state index in [1.54, 1.807) is 31.2 Å². The van der Waals surface area contributed by atoms with Gasteiger partial charge in [0.2, 0.25) is 0 Å². The lowest BCUT2D eigenvalue weighted by Crippen LogP contribution is -2.46. The van der Waals surface area contributed by atoms with Crippen LogP contribution in [0, 0.1) is 0 Å². The SMILES string of the molecule is C=CCNC(=O)[C@@H](C)OC(=O)c1ccccc1SC[C@]1(C)NC(=O)NC1=O. The molecule has 2 atom stereocenters. The summed E-state index contributed by atoms with van der Waals surface area (Å²) in [4.78, 5) is 48.1. The minimum absolute atomic E-state index is 0.226. The zero-order valence-electron chi connectivity index (χ0n) is 15.0. The van der Waals surface area contributed by atoms with Crippen molar-refractivity contribution in [2.75, 3.05) is 12.3 Å². The van der Waals surface area contributed by atoms with Gasteiger partial charge < -0.3 is 15.4 Å². The number of ether oxygens (including phenoxy) is 1. The molecule has 2 rings (SSSR count). The summed E-state index contributed by atoms with van der Waals surface area (Å²) in [5.74, 6) is -1.27. The number of hydrogen-bond acceptors (Lipinski definition) is 6. The number of nitrogens with one attached hydrogen (secondary N) is 3. The number of carbonyl (C=O) groups excluding carboxylic acids is 4. The van der Waals surface area contributed by atoms with E-state index in [0.717, 1.165) is 0 Å². The van der Waals surface area contributed by atoms with E-state index < -0.39 is 35.5 Å². The van der Waals surface area contributed by atoms with Crippen LogP contribution < -0.4 is 16.0 Å². The minimum atomic E-state index is -1.07. The van der Waals surface area contributed by atoms with Crippen LogP contribution in [0.4, 0.5) is 4.79 Å². The Labute approximate surface area is 161 Å². The van der Waals surface area contributed by atoms with Crippen molar-refractivity contribution < 1.29 is 23.9 Å². The minimum Gasteiger partial charge on any atom is -0.449 e. The molecule has 1 aliphatic rings. The zero-order chi connectivity index (χ0) is 20.0. The second-order valence-corrected chi connectivity index (χ2v) is 7.12. The fourth-order valence-electron chi connectivity index (χ4n) is 2.26. The highest BCUT2D eigenvalue weighted by atomic mass is 32.2. The van der Waals surface area contributed by atoms with Crippen LogP contribution in [0.25, 0.3) is 0 Å². The topological polar surface area (TPSA) is 114 Å². The van der Waals surface area contributed by atoms with Crippen LogP contribution in [-0.2, 0) is 14.3 Å². The van der Waals surface area contributed by atoms with Gasteiger partial charge in [0, 0.05) is 17.2 Å². The molecule has 0 radical (unpaired) electrons. The van der Waals surface area contributed by atoms with Gasteiger partial charge >= 0.3 is 12.0 Å². The third-order valence-electron chi connectivity index (χ3n) is 3.81. The summed E-state index contributed by atoms with van der Waals surface area (Å²) in [7, 11) is 0. The predicted molar refractivity (Wildman–Crippen MR) is 100 cm³/mol. The van der Waals surface area contributed by atoms with Gasteiger partial charge in [0.1, 0.15) is 5.54 Å². The predicted octanol–water partition coefficient (Wildman–Crippen LogP) is 1.22. The van der Waals surface area contributed by atoms with E-state index in [4.69, 9.17) is 4.74 Å². The summed E-state index contributed by atoms with van der Waals surface area (Å²) in [6.45, 7) is 6.86. The van der Waals surface area contributed by atoms with E-state index in [0.29, 0.717) is 4.90 Å². The second kappa shape index (κ2) is 8.72. The fraction of sp³-hybridized carbons (Fsp3) is 0.333. The summed E-state index contributed by atoms with van der Waals surface area (Å²) in [6, 6.07) is 6.16. The van der Waals surface area contributed by atoms with Gasteiger partial charge in [-0.25, -0.2) is 9.59 Å². The number of amides is 4. The summed E-state index contributed by atoms with van der Waals surface area (Å²) >= 11 is 1.24. The van der Waals surface area contributed by atoms with Gasteiger partial charge in [-0.1, -0.05) is 18.2 Å². The van der Waals surface area contributed by atoms with Crippen molar-refractivity contribution in [3.8, 4) is 0 Å². The Balaban J connectivity index is 2.05. The molecule has 0 aromatic heterocycles. The number of urea groups is 1. The Morgan fingerprint density at radius 1 is 1.37 bits per heavy atom. The van der Waals surface area contributed by atoms with Crippen LogP contribution >= 0.6 is 11.8 Å². The quantitative estimate of drug-likeness (QED) is 0.266. The lowest BCUT2D eigenvalue weighted by Gasteiger charge is -2.20. The molecule has 144 valence electrons. The highest BCUT2D eigenvalue weighted by Gasteiger charge is 2.42. The Morgan fingerprint density at radius 3 is 2.70 bits per heavy atom. The van der Waals surface area contributed by atoms with Crippen LogP contribution in [0.1, 0.15) is 24.2 Å². The molecule has 1 saturated heterocycles. The van der Waals surface area contributed by atoms with E-state index in [-0.39, 0.29) is 17.9 Å². The van der Waals surface area contributed by atoms with E-state index in [2.05, 4.69) is 22.5 Å². The molecule has 0 unspecified atom stereocenters. The number of carbonyl (C=O) groups is 4. The molecule has 1 fully saturated rings. The highest BCUT2D eigenvalue weighted by Crippen LogP contribution is 2.28. The largest absolute Gasteiger partial charge is 0.449 e. The van der Waals surface area contributed by atoms with Gasteiger partial charge in [-0.05, 0) is 26.0 Å². The van der Waals surface area contributed by atoms with Crippen LogP contribution in [-0.4, -0.2) is 47.8 Å². The molecule has 27 heavy (non-hydrogen) atoms. The van der Waals surface area contributed by atoms with Crippen molar-refractivity contribution in [1.82, 2.24) is 16.0 Å². The Morgan fingerprint density at radius 2 is 2.07 bits per heavy atom. The van der Waals surface area contributed by atoms with Gasteiger partial charge in [-0.15, -0.1) is 18.3 Å². The maximum absolute atomic E-state index is 12.5. The van der Waals surface area contributed by atoms with Crippen molar-refractivity contribution in [3.63, 3.8) is 0 Å². The summed E-state index contributed by atoms with van der Waals surface area (Å²) in [5.41, 5.74) is -0.796. The van der Waals surface area contributed by atoms with Crippen LogP contribution in [0.15, 0.2) is 41.8 Å². The van der Waals surface area contributed by atoms with E-state index >= 15 is 0 Å². The smallest absolute Gasteiger partial charge is 0.340 e. The van der Waals surface area contributed by atoms with Crippen molar-refractivity contribution in [2.24, 2.45) is 0 Å². The third-order valence-corrected chi connectivity index (χ3v) is 5.20. The lowest BCUT2D eigenvalue weighted by molar-refractivity contribution is -0.128. The molecule has 0 spiro atoms. The van der Waals surface area contributed by atoms with Crippen LogP contribution in [0.2, 0.25) is 0 Å². The molecule has 8 nitrogen and oxygen atoms in total. The van der Waals surface area contributed by atoms with Crippen LogP contribution in [0.5, 0.6) is 0 Å². The Hall–Kier alpha value is -2.81. The molecular weight excluding hydrogens is 370 g/mol. The molecule has 0 aliphatic carbocycles. The molecule has 1 aliphatic heterocycles. The molecule has 1 aromatic carbocycles. The number of benzene rings is 1. The Kier molecular flexibility index (Phi) is 6.62. The first-order chi connectivity index (χ1) is 12.8. The number of imide groups is 1. The maximum atomic E-state index is 12.5. The van der Waals surface area contributed by atoms with Gasteiger partial charge in [-0.3, -0.25) is 14.9 Å².